The van der Waals surface area contributed by atoms with Crippen LogP contribution in [0.15, 0.2) is 18.2 Å². The number of aldehydes is 1. The number of phenolic OH excluding ortho intramolecular Hbond substituents is 1. The maximum atomic E-state index is 10.6. The molecule has 0 aliphatic rings. The van der Waals surface area contributed by atoms with E-state index >= 15 is 0 Å². The molecule has 1 aromatic carbocycles. The fourth-order valence-corrected chi connectivity index (χ4v) is 0.890. The number of hydrogen-bond donors (Lipinski definition) is 1. The van der Waals surface area contributed by atoms with Crippen molar-refractivity contribution in [3.63, 3.8) is 0 Å². The van der Waals surface area contributed by atoms with E-state index in [0.29, 0.717) is 6.29 Å². The Morgan fingerprint density at radius 2 is 2.23 bits per heavy atom. The van der Waals surface area contributed by atoms with Crippen LogP contribution >= 0.6 is 0 Å². The van der Waals surface area contributed by atoms with Gasteiger partial charge in [-0.05, 0) is 12.1 Å². The summed E-state index contributed by atoms with van der Waals surface area (Å²) in [6, 6.07) is 4.28. The summed E-state index contributed by atoms with van der Waals surface area (Å²) in [7, 11) is 0. The van der Waals surface area contributed by atoms with Crippen molar-refractivity contribution in [2.75, 3.05) is 0 Å². The Kier molecular flexibility index (Phi) is 2.64. The second-order valence-corrected chi connectivity index (χ2v) is 2.41. The summed E-state index contributed by atoms with van der Waals surface area (Å²) in [6.07, 6.45) is 0.512. The number of para-hydroxylation sites is 1. The molecule has 4 nitrogen and oxygen atoms in total. The van der Waals surface area contributed by atoms with E-state index in [2.05, 4.69) is 4.74 Å². The highest BCUT2D eigenvalue weighted by Crippen LogP contribution is 2.28. The van der Waals surface area contributed by atoms with E-state index in [1.807, 2.05) is 0 Å². The lowest BCUT2D eigenvalue weighted by molar-refractivity contribution is -0.132. The molecule has 0 spiro atoms. The van der Waals surface area contributed by atoms with Crippen molar-refractivity contribution in [1.82, 2.24) is 0 Å². The molecule has 68 valence electrons. The highest BCUT2D eigenvalue weighted by atomic mass is 16.5. The Morgan fingerprint density at radius 3 is 2.77 bits per heavy atom. The van der Waals surface area contributed by atoms with Gasteiger partial charge in [0.1, 0.15) is 0 Å². The molecule has 0 aromatic heterocycles. The quantitative estimate of drug-likeness (QED) is 0.421. The van der Waals surface area contributed by atoms with E-state index in [1.54, 1.807) is 0 Å². The third-order valence-corrected chi connectivity index (χ3v) is 1.40. The van der Waals surface area contributed by atoms with Crippen LogP contribution in [-0.4, -0.2) is 17.4 Å². The molecule has 0 unspecified atom stereocenters. The van der Waals surface area contributed by atoms with Gasteiger partial charge in [-0.3, -0.25) is 9.59 Å². The molecule has 13 heavy (non-hydrogen) atoms. The molecule has 0 radical (unpaired) electrons. The van der Waals surface area contributed by atoms with Gasteiger partial charge in [0.15, 0.2) is 17.8 Å². The Hall–Kier alpha value is -1.84. The maximum absolute atomic E-state index is 10.6. The number of aromatic hydroxyl groups is 1. The van der Waals surface area contributed by atoms with Crippen LogP contribution in [0.4, 0.5) is 0 Å². The van der Waals surface area contributed by atoms with Crippen molar-refractivity contribution in [3.05, 3.63) is 23.8 Å². The van der Waals surface area contributed by atoms with Gasteiger partial charge in [-0.15, -0.1) is 0 Å². The summed E-state index contributed by atoms with van der Waals surface area (Å²) in [5, 5.41) is 9.24. The molecule has 0 heterocycles. The number of phenols is 1. The first kappa shape index (κ1) is 9.25. The molecule has 0 amide bonds. The molecule has 0 bridgehead atoms. The SMILES string of the molecule is CC(=O)Oc1c(O)cccc1C=O. The highest BCUT2D eigenvalue weighted by Gasteiger charge is 2.09. The zero-order valence-electron chi connectivity index (χ0n) is 6.98. The Bertz CT molecular complexity index is 343. The van der Waals surface area contributed by atoms with Crippen LogP contribution < -0.4 is 4.74 Å². The summed E-state index contributed by atoms with van der Waals surface area (Å²) >= 11 is 0. The van der Waals surface area contributed by atoms with E-state index < -0.39 is 5.97 Å². The summed E-state index contributed by atoms with van der Waals surface area (Å²) in [4.78, 5) is 21.0. The number of carbonyl (C=O) groups is 2. The van der Waals surface area contributed by atoms with Crippen molar-refractivity contribution in [2.45, 2.75) is 6.92 Å². The predicted octanol–water partition coefficient (Wildman–Crippen LogP) is 1.13. The van der Waals surface area contributed by atoms with Gasteiger partial charge >= 0.3 is 5.97 Å². The first-order chi connectivity index (χ1) is 6.15. The number of rotatable bonds is 2. The molecule has 0 saturated heterocycles. The number of carbonyl (C=O) groups excluding carboxylic acids is 2. The van der Waals surface area contributed by atoms with Crippen molar-refractivity contribution in [1.29, 1.82) is 0 Å². The van der Waals surface area contributed by atoms with Gasteiger partial charge in [0, 0.05) is 6.92 Å². The molecule has 1 N–H and O–H groups in total. The maximum Gasteiger partial charge on any atom is 0.308 e. The van der Waals surface area contributed by atoms with Gasteiger partial charge in [-0.25, -0.2) is 0 Å². The minimum absolute atomic E-state index is 0.0926. The lowest BCUT2D eigenvalue weighted by atomic mass is 10.2. The summed E-state index contributed by atoms with van der Waals surface area (Å²) < 4.78 is 4.65. The molecule has 0 aliphatic heterocycles. The molecule has 0 fully saturated rings. The molecule has 1 rings (SSSR count). The van der Waals surface area contributed by atoms with Crippen molar-refractivity contribution in [2.24, 2.45) is 0 Å². The fraction of sp³-hybridized carbons (Fsp3) is 0.111. The van der Waals surface area contributed by atoms with E-state index in [9.17, 15) is 14.7 Å². The first-order valence-corrected chi connectivity index (χ1v) is 3.60. The minimum atomic E-state index is -0.579. The van der Waals surface area contributed by atoms with Crippen LogP contribution in [0.1, 0.15) is 17.3 Å². The first-order valence-electron chi connectivity index (χ1n) is 3.60. The summed E-state index contributed by atoms with van der Waals surface area (Å²) in [5.74, 6) is -0.894. The molecule has 0 saturated carbocycles. The van der Waals surface area contributed by atoms with Crippen LogP contribution in [-0.2, 0) is 4.79 Å². The molecular formula is C9H8O4. The highest BCUT2D eigenvalue weighted by molar-refractivity contribution is 5.83. The third-order valence-electron chi connectivity index (χ3n) is 1.40. The van der Waals surface area contributed by atoms with Crippen LogP contribution in [0.3, 0.4) is 0 Å². The molecular weight excluding hydrogens is 172 g/mol. The molecule has 0 aliphatic carbocycles. The smallest absolute Gasteiger partial charge is 0.308 e. The van der Waals surface area contributed by atoms with Gasteiger partial charge in [0.05, 0.1) is 5.56 Å². The van der Waals surface area contributed by atoms with Gasteiger partial charge in [-0.2, -0.15) is 0 Å². The van der Waals surface area contributed by atoms with Crippen LogP contribution in [0.5, 0.6) is 11.5 Å². The monoisotopic (exact) mass is 180 g/mol. The van der Waals surface area contributed by atoms with Gasteiger partial charge in [-0.1, -0.05) is 6.07 Å². The Morgan fingerprint density at radius 1 is 1.54 bits per heavy atom. The summed E-state index contributed by atoms with van der Waals surface area (Å²) in [6.45, 7) is 1.20. The van der Waals surface area contributed by atoms with Crippen molar-refractivity contribution >= 4 is 12.3 Å². The van der Waals surface area contributed by atoms with Crippen LogP contribution in [0.2, 0.25) is 0 Å². The largest absolute Gasteiger partial charge is 0.504 e. The van der Waals surface area contributed by atoms with Crippen LogP contribution in [0.25, 0.3) is 0 Å². The van der Waals surface area contributed by atoms with E-state index in [1.165, 1.54) is 25.1 Å². The normalized spacial score (nSPS) is 9.31. The number of hydrogen-bond acceptors (Lipinski definition) is 4. The number of ether oxygens (including phenoxy) is 1. The van der Waals surface area contributed by atoms with Crippen molar-refractivity contribution in [3.8, 4) is 11.5 Å². The zero-order chi connectivity index (χ0) is 9.84. The second-order valence-electron chi connectivity index (χ2n) is 2.41. The zero-order valence-corrected chi connectivity index (χ0v) is 6.98. The number of benzene rings is 1. The van der Waals surface area contributed by atoms with Crippen molar-refractivity contribution < 1.29 is 19.4 Å². The van der Waals surface area contributed by atoms with E-state index in [0.717, 1.165) is 0 Å². The fourth-order valence-electron chi connectivity index (χ4n) is 0.890. The van der Waals surface area contributed by atoms with Gasteiger partial charge in [0.2, 0.25) is 0 Å². The standard InChI is InChI=1S/C9H8O4/c1-6(11)13-9-7(5-10)3-2-4-8(9)12/h2-5,12H,1H3. The lowest BCUT2D eigenvalue weighted by Crippen LogP contribution is -2.03. The Labute approximate surface area is 74.8 Å². The van der Waals surface area contributed by atoms with E-state index in [-0.39, 0.29) is 17.1 Å². The molecule has 0 atom stereocenters. The van der Waals surface area contributed by atoms with Gasteiger partial charge < -0.3 is 9.84 Å². The van der Waals surface area contributed by atoms with E-state index in [4.69, 9.17) is 0 Å². The summed E-state index contributed by atoms with van der Waals surface area (Å²) in [5.41, 5.74) is 0.148. The average Bonchev–Trinajstić information content (AvgIpc) is 2.08. The predicted molar refractivity (Wildman–Crippen MR) is 44.8 cm³/mol. The topological polar surface area (TPSA) is 63.6 Å². The molecule has 1 aromatic rings. The minimum Gasteiger partial charge on any atom is -0.504 e. The molecule has 4 heteroatoms. The second kappa shape index (κ2) is 3.71. The van der Waals surface area contributed by atoms with Crippen LogP contribution in [0, 0.1) is 0 Å². The average molecular weight is 180 g/mol. The lowest BCUT2D eigenvalue weighted by Gasteiger charge is -2.05. The number of esters is 1. The van der Waals surface area contributed by atoms with Gasteiger partial charge in [0.25, 0.3) is 0 Å². The Balaban J connectivity index is 3.14. The third kappa shape index (κ3) is 2.05.